The molecule has 8 heteroatoms. The second-order valence-corrected chi connectivity index (χ2v) is 9.78. The van der Waals surface area contributed by atoms with Crippen LogP contribution in [0.1, 0.15) is 75.5 Å². The van der Waals surface area contributed by atoms with Crippen molar-refractivity contribution in [3.05, 3.63) is 45.6 Å². The van der Waals surface area contributed by atoms with Crippen LogP contribution in [0.4, 0.5) is 13.2 Å². The number of rotatable bonds is 6. The van der Waals surface area contributed by atoms with E-state index in [9.17, 15) is 23.1 Å². The molecule has 4 nitrogen and oxygen atoms in total. The quantitative estimate of drug-likeness (QED) is 0.569. The van der Waals surface area contributed by atoms with E-state index >= 15 is 0 Å². The van der Waals surface area contributed by atoms with E-state index in [4.69, 9.17) is 11.6 Å². The molecule has 2 fully saturated rings. The fourth-order valence-corrected chi connectivity index (χ4v) is 5.20. The molecule has 1 aromatic rings. The number of halogens is 4. The number of amides is 1. The lowest BCUT2D eigenvalue weighted by molar-refractivity contribution is -0.137. The summed E-state index contributed by atoms with van der Waals surface area (Å²) in [6.45, 7) is 2.54. The van der Waals surface area contributed by atoms with Crippen molar-refractivity contribution < 1.29 is 23.1 Å². The number of hydrogen-bond acceptors (Lipinski definition) is 3. The van der Waals surface area contributed by atoms with Gasteiger partial charge < -0.3 is 15.3 Å². The van der Waals surface area contributed by atoms with Crippen LogP contribution in [-0.2, 0) is 11.0 Å². The van der Waals surface area contributed by atoms with Crippen molar-refractivity contribution in [2.24, 2.45) is 5.92 Å². The first-order valence-corrected chi connectivity index (χ1v) is 11.8. The molecule has 1 amide bonds. The van der Waals surface area contributed by atoms with E-state index in [0.717, 1.165) is 43.5 Å². The highest BCUT2D eigenvalue weighted by Gasteiger charge is 2.38. The van der Waals surface area contributed by atoms with E-state index in [1.54, 1.807) is 0 Å². The average Bonchev–Trinajstić information content (AvgIpc) is 3.50. The highest BCUT2D eigenvalue weighted by molar-refractivity contribution is 6.31. The van der Waals surface area contributed by atoms with Crippen LogP contribution in [0, 0.1) is 5.92 Å². The SMILES string of the molecule is CC1=C(C(=O)N[C@@H]2CCCC[C@H]2O)CC(c2cc(C(F)(F)F)ccc2Cl)N1CCC1CC1. The molecular formula is C24H30ClF3N2O2. The number of benzene rings is 1. The van der Waals surface area contributed by atoms with Gasteiger partial charge in [-0.05, 0) is 55.9 Å². The zero-order chi connectivity index (χ0) is 23.0. The van der Waals surface area contributed by atoms with Crippen molar-refractivity contribution >= 4 is 17.5 Å². The minimum atomic E-state index is -4.46. The van der Waals surface area contributed by atoms with Gasteiger partial charge in [-0.15, -0.1) is 0 Å². The first-order chi connectivity index (χ1) is 15.1. The van der Waals surface area contributed by atoms with Gasteiger partial charge in [0, 0.05) is 29.3 Å². The summed E-state index contributed by atoms with van der Waals surface area (Å²) in [7, 11) is 0. The van der Waals surface area contributed by atoms with Crippen LogP contribution in [0.3, 0.4) is 0 Å². The second kappa shape index (κ2) is 9.26. The Balaban J connectivity index is 1.59. The summed E-state index contributed by atoms with van der Waals surface area (Å²) in [5.41, 5.74) is 1.01. The first kappa shape index (κ1) is 23.4. The van der Waals surface area contributed by atoms with Crippen LogP contribution in [0.2, 0.25) is 5.02 Å². The zero-order valence-electron chi connectivity index (χ0n) is 18.2. The molecule has 176 valence electrons. The Morgan fingerprint density at radius 2 is 1.94 bits per heavy atom. The summed E-state index contributed by atoms with van der Waals surface area (Å²) in [5, 5.41) is 13.5. The summed E-state index contributed by atoms with van der Waals surface area (Å²) in [4.78, 5) is 15.2. The molecule has 2 N–H and O–H groups in total. The minimum Gasteiger partial charge on any atom is -0.391 e. The summed E-state index contributed by atoms with van der Waals surface area (Å²) < 4.78 is 40.1. The summed E-state index contributed by atoms with van der Waals surface area (Å²) in [6.07, 6.45) is 1.87. The third-order valence-electron chi connectivity index (χ3n) is 7.12. The number of carbonyl (C=O) groups is 1. The van der Waals surface area contributed by atoms with E-state index in [1.165, 1.54) is 18.9 Å². The summed E-state index contributed by atoms with van der Waals surface area (Å²) >= 11 is 6.37. The molecule has 1 unspecified atom stereocenters. The average molecular weight is 471 g/mol. The lowest BCUT2D eigenvalue weighted by Gasteiger charge is -2.30. The van der Waals surface area contributed by atoms with Crippen molar-refractivity contribution in [2.75, 3.05) is 6.54 Å². The van der Waals surface area contributed by atoms with Gasteiger partial charge in [-0.3, -0.25) is 4.79 Å². The Morgan fingerprint density at radius 3 is 2.59 bits per heavy atom. The number of aliphatic hydroxyl groups is 1. The Kier molecular flexibility index (Phi) is 6.78. The number of nitrogens with zero attached hydrogens (tertiary/aromatic N) is 1. The molecular weight excluding hydrogens is 441 g/mol. The van der Waals surface area contributed by atoms with Crippen molar-refractivity contribution in [3.63, 3.8) is 0 Å². The summed E-state index contributed by atoms with van der Waals surface area (Å²) in [6, 6.07) is 2.71. The van der Waals surface area contributed by atoms with Crippen LogP contribution in [0.5, 0.6) is 0 Å². The van der Waals surface area contributed by atoms with Crippen molar-refractivity contribution in [1.82, 2.24) is 10.2 Å². The van der Waals surface area contributed by atoms with Crippen molar-refractivity contribution in [2.45, 2.75) is 82.7 Å². The molecule has 4 rings (SSSR count). The first-order valence-electron chi connectivity index (χ1n) is 11.5. The predicted molar refractivity (Wildman–Crippen MR) is 117 cm³/mol. The Morgan fingerprint density at radius 1 is 1.22 bits per heavy atom. The van der Waals surface area contributed by atoms with E-state index in [1.807, 2.05) is 11.8 Å². The topological polar surface area (TPSA) is 52.6 Å². The molecule has 0 bridgehead atoms. The van der Waals surface area contributed by atoms with Crippen LogP contribution in [0.15, 0.2) is 29.5 Å². The second-order valence-electron chi connectivity index (χ2n) is 9.38. The zero-order valence-corrected chi connectivity index (χ0v) is 19.0. The number of allylic oxidation sites excluding steroid dienone is 1. The number of hydrogen-bond donors (Lipinski definition) is 2. The highest BCUT2D eigenvalue weighted by Crippen LogP contribution is 2.44. The van der Waals surface area contributed by atoms with Crippen LogP contribution < -0.4 is 5.32 Å². The third kappa shape index (κ3) is 5.09. The molecule has 0 spiro atoms. The molecule has 2 aliphatic carbocycles. The van der Waals surface area contributed by atoms with Crippen molar-refractivity contribution in [1.29, 1.82) is 0 Å². The standard InChI is InChI=1S/C24H30ClF3N2O2/c1-14-17(23(32)29-20-4-2-3-5-22(20)31)13-21(30(14)11-10-15-6-7-15)18-12-16(24(26,27)28)8-9-19(18)25/h8-9,12,15,20-22,31H,2-7,10-11,13H2,1H3,(H,29,32)/t20-,21?,22-/m1/s1. The van der Waals surface area contributed by atoms with Crippen LogP contribution in [0.25, 0.3) is 0 Å². The predicted octanol–water partition coefficient (Wildman–Crippen LogP) is 5.60. The van der Waals surface area contributed by atoms with Gasteiger partial charge in [0.05, 0.1) is 23.8 Å². The number of carbonyl (C=O) groups excluding carboxylic acids is 1. The lowest BCUT2D eigenvalue weighted by Crippen LogP contribution is -2.45. The van der Waals surface area contributed by atoms with Crippen molar-refractivity contribution in [3.8, 4) is 0 Å². The van der Waals surface area contributed by atoms with Gasteiger partial charge in [0.25, 0.3) is 0 Å². The molecule has 0 radical (unpaired) electrons. The van der Waals surface area contributed by atoms with Gasteiger partial charge in [-0.2, -0.15) is 13.2 Å². The van der Waals surface area contributed by atoms with E-state index < -0.39 is 23.9 Å². The molecule has 2 saturated carbocycles. The maximum atomic E-state index is 13.4. The van der Waals surface area contributed by atoms with Gasteiger partial charge in [-0.1, -0.05) is 37.3 Å². The van der Waals surface area contributed by atoms with Gasteiger partial charge in [-0.25, -0.2) is 0 Å². The normalized spacial score (nSPS) is 26.6. The Bertz CT molecular complexity index is 898. The number of nitrogens with one attached hydrogen (secondary N) is 1. The van der Waals surface area contributed by atoms with Gasteiger partial charge in [0.15, 0.2) is 0 Å². The smallest absolute Gasteiger partial charge is 0.391 e. The molecule has 1 heterocycles. The fraction of sp³-hybridized carbons (Fsp3) is 0.625. The molecule has 32 heavy (non-hydrogen) atoms. The molecule has 1 aliphatic heterocycles. The molecule has 3 aliphatic rings. The van der Waals surface area contributed by atoms with E-state index in [2.05, 4.69) is 5.32 Å². The lowest BCUT2D eigenvalue weighted by atomic mass is 9.92. The van der Waals surface area contributed by atoms with E-state index in [-0.39, 0.29) is 17.0 Å². The Labute approximate surface area is 191 Å². The van der Waals surface area contributed by atoms with Crippen LogP contribution >= 0.6 is 11.6 Å². The molecule has 0 saturated heterocycles. The minimum absolute atomic E-state index is 0.240. The van der Waals surface area contributed by atoms with Gasteiger partial charge in [0.2, 0.25) is 5.91 Å². The molecule has 3 atom stereocenters. The number of alkyl halides is 3. The van der Waals surface area contributed by atoms with Gasteiger partial charge in [0.1, 0.15) is 0 Å². The van der Waals surface area contributed by atoms with Gasteiger partial charge >= 0.3 is 6.18 Å². The monoisotopic (exact) mass is 470 g/mol. The highest BCUT2D eigenvalue weighted by atomic mass is 35.5. The van der Waals surface area contributed by atoms with Crippen LogP contribution in [-0.4, -0.2) is 34.6 Å². The number of aliphatic hydroxyl groups excluding tert-OH is 1. The van der Waals surface area contributed by atoms with E-state index in [0.29, 0.717) is 36.4 Å². The largest absolute Gasteiger partial charge is 0.416 e. The Hall–Kier alpha value is -1.73. The third-order valence-corrected chi connectivity index (χ3v) is 7.46. The maximum Gasteiger partial charge on any atom is 0.416 e. The summed E-state index contributed by atoms with van der Waals surface area (Å²) in [5.74, 6) is 0.408. The molecule has 1 aromatic carbocycles. The molecule has 0 aromatic heterocycles. The maximum absolute atomic E-state index is 13.4. The fourth-order valence-electron chi connectivity index (χ4n) is 4.96.